The second-order valence-corrected chi connectivity index (χ2v) is 3.19. The molecule has 0 aromatic carbocycles. The Kier molecular flexibility index (Phi) is 2.39. The largest absolute Gasteiger partial charge is 0.472 e. The molecule has 0 aliphatic carbocycles. The predicted molar refractivity (Wildman–Crippen MR) is 53.6 cm³/mol. The van der Waals surface area contributed by atoms with Gasteiger partial charge < -0.3 is 4.42 Å². The van der Waals surface area contributed by atoms with Gasteiger partial charge in [0.15, 0.2) is 0 Å². The first-order valence-corrected chi connectivity index (χ1v) is 4.39. The van der Waals surface area contributed by atoms with Crippen molar-refractivity contribution in [3.05, 3.63) is 46.0 Å². The zero-order valence-corrected chi connectivity index (χ0v) is 8.14. The highest BCUT2D eigenvalue weighted by Gasteiger charge is 2.11. The van der Waals surface area contributed by atoms with Crippen LogP contribution < -0.4 is 0 Å². The lowest BCUT2D eigenvalue weighted by molar-refractivity contribution is -0.384. The monoisotopic (exact) mass is 224 g/mol. The Hall–Kier alpha value is -1.88. The molecular weight excluding hydrogens is 220 g/mol. The summed E-state index contributed by atoms with van der Waals surface area (Å²) in [6.07, 6.45) is 2.91. The molecule has 2 aromatic rings. The Morgan fingerprint density at radius 3 is 2.87 bits per heavy atom. The number of pyridine rings is 1. The van der Waals surface area contributed by atoms with E-state index in [-0.39, 0.29) is 10.8 Å². The first-order chi connectivity index (χ1) is 7.16. The van der Waals surface area contributed by atoms with E-state index in [0.29, 0.717) is 11.3 Å². The molecule has 5 nitrogen and oxygen atoms in total. The third kappa shape index (κ3) is 1.97. The summed E-state index contributed by atoms with van der Waals surface area (Å²) in [5, 5.41) is 10.7. The van der Waals surface area contributed by atoms with Crippen LogP contribution in [0.25, 0.3) is 11.3 Å². The molecule has 0 saturated carbocycles. The smallest absolute Gasteiger partial charge is 0.274 e. The first kappa shape index (κ1) is 9.67. The van der Waals surface area contributed by atoms with Gasteiger partial charge in [0.2, 0.25) is 0 Å². The average molecular weight is 225 g/mol. The summed E-state index contributed by atoms with van der Waals surface area (Å²) in [6, 6.07) is 4.20. The van der Waals surface area contributed by atoms with Gasteiger partial charge >= 0.3 is 0 Å². The van der Waals surface area contributed by atoms with Gasteiger partial charge in [-0.3, -0.25) is 10.1 Å². The highest BCUT2D eigenvalue weighted by molar-refractivity contribution is 6.29. The second kappa shape index (κ2) is 3.70. The molecule has 0 fully saturated rings. The Morgan fingerprint density at radius 1 is 1.47 bits per heavy atom. The number of aromatic nitrogens is 1. The third-order valence-electron chi connectivity index (χ3n) is 1.81. The number of hydrogen-bond donors (Lipinski definition) is 0. The van der Waals surface area contributed by atoms with Gasteiger partial charge in [-0.25, -0.2) is 4.98 Å². The van der Waals surface area contributed by atoms with Crippen LogP contribution in [0.5, 0.6) is 0 Å². The molecule has 0 aliphatic rings. The summed E-state index contributed by atoms with van der Waals surface area (Å²) in [5.74, 6) is 0. The fraction of sp³-hybridized carbons (Fsp3) is 0. The molecule has 0 spiro atoms. The quantitative estimate of drug-likeness (QED) is 0.447. The molecule has 0 radical (unpaired) electrons. The minimum atomic E-state index is -0.517. The van der Waals surface area contributed by atoms with Gasteiger partial charge in [-0.1, -0.05) is 11.6 Å². The van der Waals surface area contributed by atoms with Crippen LogP contribution >= 0.6 is 11.6 Å². The van der Waals surface area contributed by atoms with Crippen molar-refractivity contribution in [2.45, 2.75) is 0 Å². The van der Waals surface area contributed by atoms with Crippen molar-refractivity contribution in [3.8, 4) is 11.3 Å². The molecule has 6 heteroatoms. The molecule has 2 heterocycles. The lowest BCUT2D eigenvalue weighted by atomic mass is 10.2. The first-order valence-electron chi connectivity index (χ1n) is 4.01. The maximum absolute atomic E-state index is 10.6. The highest BCUT2D eigenvalue weighted by atomic mass is 35.5. The lowest BCUT2D eigenvalue weighted by Gasteiger charge is -1.97. The highest BCUT2D eigenvalue weighted by Crippen LogP contribution is 2.25. The molecule has 0 atom stereocenters. The van der Waals surface area contributed by atoms with Crippen LogP contribution in [0, 0.1) is 10.1 Å². The van der Waals surface area contributed by atoms with Crippen LogP contribution in [0.4, 0.5) is 5.69 Å². The van der Waals surface area contributed by atoms with E-state index in [4.69, 9.17) is 16.0 Å². The Bertz CT molecular complexity index is 496. The number of nitrogens with zero attached hydrogens (tertiary/aromatic N) is 2. The molecule has 0 unspecified atom stereocenters. The van der Waals surface area contributed by atoms with Crippen molar-refractivity contribution in [2.24, 2.45) is 0 Å². The van der Waals surface area contributed by atoms with Crippen LogP contribution in [0.3, 0.4) is 0 Å². The van der Waals surface area contributed by atoms with Crippen molar-refractivity contribution in [1.29, 1.82) is 0 Å². The average Bonchev–Trinajstić information content (AvgIpc) is 2.69. The molecule has 76 valence electrons. The van der Waals surface area contributed by atoms with Crippen LogP contribution in [0.2, 0.25) is 5.15 Å². The third-order valence-corrected chi connectivity index (χ3v) is 2.00. The van der Waals surface area contributed by atoms with Crippen molar-refractivity contribution in [2.75, 3.05) is 0 Å². The zero-order valence-electron chi connectivity index (χ0n) is 7.38. The SMILES string of the molecule is O=[N+]([O-])c1cc(Cl)nc(-c2ccoc2)c1. The second-order valence-electron chi connectivity index (χ2n) is 2.80. The summed E-state index contributed by atoms with van der Waals surface area (Å²) in [5.41, 5.74) is 0.981. The van der Waals surface area contributed by atoms with Gasteiger partial charge in [-0.05, 0) is 6.07 Å². The Morgan fingerprint density at radius 2 is 2.27 bits per heavy atom. The summed E-state index contributed by atoms with van der Waals surface area (Å²) in [7, 11) is 0. The minimum absolute atomic E-state index is 0.0837. The predicted octanol–water partition coefficient (Wildman–Crippen LogP) is 2.90. The maximum atomic E-state index is 10.6. The molecule has 2 aromatic heterocycles. The fourth-order valence-electron chi connectivity index (χ4n) is 1.15. The van der Waals surface area contributed by atoms with Crippen LogP contribution in [0.1, 0.15) is 0 Å². The Balaban J connectivity index is 2.54. The summed E-state index contributed by atoms with van der Waals surface area (Å²) >= 11 is 5.66. The number of nitro groups is 1. The van der Waals surface area contributed by atoms with Gasteiger partial charge in [0.25, 0.3) is 5.69 Å². The molecular formula is C9H5ClN2O3. The van der Waals surface area contributed by atoms with Crippen LogP contribution in [0.15, 0.2) is 35.1 Å². The van der Waals surface area contributed by atoms with Crippen molar-refractivity contribution in [3.63, 3.8) is 0 Å². The van der Waals surface area contributed by atoms with Gasteiger partial charge in [0.05, 0.1) is 29.2 Å². The summed E-state index contributed by atoms with van der Waals surface area (Å²) in [6.45, 7) is 0. The van der Waals surface area contributed by atoms with Crippen LogP contribution in [-0.2, 0) is 0 Å². The van der Waals surface area contributed by atoms with Gasteiger partial charge in [0.1, 0.15) is 5.15 Å². The van der Waals surface area contributed by atoms with E-state index in [1.54, 1.807) is 6.07 Å². The molecule has 0 saturated heterocycles. The van der Waals surface area contributed by atoms with Crippen LogP contribution in [-0.4, -0.2) is 9.91 Å². The molecule has 0 bridgehead atoms. The van der Waals surface area contributed by atoms with Crippen molar-refractivity contribution < 1.29 is 9.34 Å². The van der Waals surface area contributed by atoms with Gasteiger partial charge in [0, 0.05) is 11.6 Å². The lowest BCUT2D eigenvalue weighted by Crippen LogP contribution is -1.91. The summed E-state index contributed by atoms with van der Waals surface area (Å²) in [4.78, 5) is 14.0. The van der Waals surface area contributed by atoms with E-state index in [0.717, 1.165) is 0 Å². The normalized spacial score (nSPS) is 10.2. The number of furan rings is 1. The molecule has 0 amide bonds. The fourth-order valence-corrected chi connectivity index (χ4v) is 1.35. The number of halogens is 1. The van der Waals surface area contributed by atoms with Gasteiger partial charge in [-0.2, -0.15) is 0 Å². The van der Waals surface area contributed by atoms with Crippen molar-refractivity contribution in [1.82, 2.24) is 4.98 Å². The Labute approximate surface area is 89.5 Å². The van der Waals surface area contributed by atoms with E-state index in [1.807, 2.05) is 0 Å². The van der Waals surface area contributed by atoms with Gasteiger partial charge in [-0.15, -0.1) is 0 Å². The van der Waals surface area contributed by atoms with E-state index in [9.17, 15) is 10.1 Å². The summed E-state index contributed by atoms with van der Waals surface area (Å²) < 4.78 is 4.86. The maximum Gasteiger partial charge on any atom is 0.274 e. The minimum Gasteiger partial charge on any atom is -0.472 e. The topological polar surface area (TPSA) is 69.2 Å². The number of rotatable bonds is 2. The van der Waals surface area contributed by atoms with E-state index < -0.39 is 4.92 Å². The van der Waals surface area contributed by atoms with E-state index in [2.05, 4.69) is 4.98 Å². The van der Waals surface area contributed by atoms with Crippen molar-refractivity contribution >= 4 is 17.3 Å². The molecule has 2 rings (SSSR count). The standard InChI is InChI=1S/C9H5ClN2O3/c10-9-4-7(12(13)14)3-8(11-9)6-1-2-15-5-6/h1-5H. The molecule has 0 N–H and O–H groups in total. The molecule has 0 aliphatic heterocycles. The number of hydrogen-bond acceptors (Lipinski definition) is 4. The zero-order chi connectivity index (χ0) is 10.8. The van der Waals surface area contributed by atoms with E-state index in [1.165, 1.54) is 24.7 Å². The molecule has 15 heavy (non-hydrogen) atoms. The van der Waals surface area contributed by atoms with E-state index >= 15 is 0 Å².